The highest BCUT2D eigenvalue weighted by atomic mass is 14.9. The van der Waals surface area contributed by atoms with E-state index in [0.29, 0.717) is 11.6 Å². The van der Waals surface area contributed by atoms with Crippen LogP contribution in [0.5, 0.6) is 0 Å². The molecule has 0 saturated carbocycles. The van der Waals surface area contributed by atoms with E-state index in [1.165, 1.54) is 5.56 Å². The van der Waals surface area contributed by atoms with Gasteiger partial charge in [0.15, 0.2) is 0 Å². The van der Waals surface area contributed by atoms with Crippen molar-refractivity contribution in [3.05, 3.63) is 41.2 Å². The average Bonchev–Trinajstić information content (AvgIpc) is 2.34. The number of aromatic nitrogens is 2. The maximum absolute atomic E-state index is 5.86. The molecule has 88 valence electrons. The van der Waals surface area contributed by atoms with Crippen molar-refractivity contribution in [3.8, 4) is 11.3 Å². The number of aryl methyl sites for hydroxylation is 2. The number of benzene rings is 1. The second-order valence-electron chi connectivity index (χ2n) is 4.18. The van der Waals surface area contributed by atoms with Gasteiger partial charge in [-0.1, -0.05) is 31.2 Å². The zero-order chi connectivity index (χ0) is 12.4. The minimum absolute atomic E-state index is 0.562. The first kappa shape index (κ1) is 11.6. The Labute approximate surface area is 102 Å². The van der Waals surface area contributed by atoms with Gasteiger partial charge in [0, 0.05) is 11.1 Å². The van der Waals surface area contributed by atoms with Crippen LogP contribution in [0.1, 0.15) is 23.9 Å². The third-order valence-electron chi connectivity index (χ3n) is 2.93. The molecule has 0 fully saturated rings. The van der Waals surface area contributed by atoms with Gasteiger partial charge in [-0.05, 0) is 25.8 Å². The van der Waals surface area contributed by atoms with Crippen molar-refractivity contribution >= 4 is 5.82 Å². The number of nitrogen functional groups attached to an aromatic ring is 1. The molecule has 3 heteroatoms. The van der Waals surface area contributed by atoms with Crippen LogP contribution in [-0.2, 0) is 6.42 Å². The van der Waals surface area contributed by atoms with Gasteiger partial charge in [-0.3, -0.25) is 0 Å². The fourth-order valence-corrected chi connectivity index (χ4v) is 1.83. The number of hydrogen-bond donors (Lipinski definition) is 1. The zero-order valence-corrected chi connectivity index (χ0v) is 10.5. The number of anilines is 1. The molecule has 0 saturated heterocycles. The van der Waals surface area contributed by atoms with Crippen LogP contribution in [0.15, 0.2) is 24.3 Å². The fourth-order valence-electron chi connectivity index (χ4n) is 1.83. The summed E-state index contributed by atoms with van der Waals surface area (Å²) in [6.07, 6.45) is 1.05. The van der Waals surface area contributed by atoms with Crippen molar-refractivity contribution in [2.75, 3.05) is 5.73 Å². The first-order chi connectivity index (χ1) is 8.11. The Kier molecular flexibility index (Phi) is 3.09. The zero-order valence-electron chi connectivity index (χ0n) is 10.5. The molecule has 17 heavy (non-hydrogen) atoms. The second kappa shape index (κ2) is 4.53. The Hall–Kier alpha value is -1.90. The average molecular weight is 227 g/mol. The molecule has 0 unspecified atom stereocenters. The third-order valence-corrected chi connectivity index (χ3v) is 2.93. The number of rotatable bonds is 2. The van der Waals surface area contributed by atoms with Gasteiger partial charge in [0.1, 0.15) is 11.6 Å². The van der Waals surface area contributed by atoms with E-state index >= 15 is 0 Å². The van der Waals surface area contributed by atoms with Crippen LogP contribution in [0.3, 0.4) is 0 Å². The highest BCUT2D eigenvalue weighted by Gasteiger charge is 2.08. The van der Waals surface area contributed by atoms with Crippen LogP contribution in [0.4, 0.5) is 5.82 Å². The molecule has 1 aromatic carbocycles. The van der Waals surface area contributed by atoms with Crippen molar-refractivity contribution in [2.24, 2.45) is 0 Å². The van der Waals surface area contributed by atoms with E-state index in [0.717, 1.165) is 23.2 Å². The lowest BCUT2D eigenvalue weighted by Gasteiger charge is -2.09. The second-order valence-corrected chi connectivity index (χ2v) is 4.18. The maximum Gasteiger partial charge on any atom is 0.130 e. The Morgan fingerprint density at radius 3 is 2.29 bits per heavy atom. The molecular weight excluding hydrogens is 210 g/mol. The summed E-state index contributed by atoms with van der Waals surface area (Å²) >= 11 is 0. The maximum atomic E-state index is 5.86. The first-order valence-electron chi connectivity index (χ1n) is 5.82. The third kappa shape index (κ3) is 2.28. The van der Waals surface area contributed by atoms with Crippen molar-refractivity contribution in [1.82, 2.24) is 9.97 Å². The van der Waals surface area contributed by atoms with E-state index in [1.54, 1.807) is 0 Å². The van der Waals surface area contributed by atoms with Crippen LogP contribution in [-0.4, -0.2) is 9.97 Å². The molecule has 3 nitrogen and oxygen atoms in total. The topological polar surface area (TPSA) is 51.8 Å². The summed E-state index contributed by atoms with van der Waals surface area (Å²) in [5.41, 5.74) is 10.2. The van der Waals surface area contributed by atoms with Gasteiger partial charge in [-0.2, -0.15) is 0 Å². The summed E-state index contributed by atoms with van der Waals surface area (Å²) in [4.78, 5) is 8.63. The monoisotopic (exact) mass is 227 g/mol. The lowest BCUT2D eigenvalue weighted by Crippen LogP contribution is -2.02. The lowest BCUT2D eigenvalue weighted by molar-refractivity contribution is 1.05. The Bertz CT molecular complexity index is 530. The van der Waals surface area contributed by atoms with E-state index in [2.05, 4.69) is 41.2 Å². The normalized spacial score (nSPS) is 10.5. The van der Waals surface area contributed by atoms with Crippen LogP contribution in [0.2, 0.25) is 0 Å². The van der Waals surface area contributed by atoms with Crippen LogP contribution >= 0.6 is 0 Å². The molecule has 0 bridgehead atoms. The largest absolute Gasteiger partial charge is 0.383 e. The molecule has 1 heterocycles. The molecule has 1 aromatic heterocycles. The number of hydrogen-bond acceptors (Lipinski definition) is 3. The summed E-state index contributed by atoms with van der Waals surface area (Å²) < 4.78 is 0. The Balaban J connectivity index is 2.52. The number of nitrogens with two attached hydrogens (primary N) is 1. The molecular formula is C14H17N3. The minimum Gasteiger partial charge on any atom is -0.383 e. The van der Waals surface area contributed by atoms with Crippen LogP contribution < -0.4 is 5.73 Å². The van der Waals surface area contributed by atoms with E-state index in [9.17, 15) is 0 Å². The molecule has 2 rings (SSSR count). The highest BCUT2D eigenvalue weighted by molar-refractivity contribution is 5.67. The van der Waals surface area contributed by atoms with E-state index < -0.39 is 0 Å². The van der Waals surface area contributed by atoms with E-state index in [4.69, 9.17) is 5.73 Å². The summed E-state index contributed by atoms with van der Waals surface area (Å²) in [6, 6.07) is 8.44. The van der Waals surface area contributed by atoms with Gasteiger partial charge in [0.05, 0.1) is 5.69 Å². The number of nitrogens with zero attached hydrogens (tertiary/aromatic N) is 2. The summed E-state index contributed by atoms with van der Waals surface area (Å²) in [5.74, 6) is 1.27. The van der Waals surface area contributed by atoms with E-state index in [1.807, 2.05) is 13.8 Å². The van der Waals surface area contributed by atoms with Crippen molar-refractivity contribution in [3.63, 3.8) is 0 Å². The fraction of sp³-hybridized carbons (Fsp3) is 0.286. The first-order valence-corrected chi connectivity index (χ1v) is 5.82. The molecule has 0 amide bonds. The van der Waals surface area contributed by atoms with Crippen LogP contribution in [0.25, 0.3) is 11.3 Å². The molecule has 0 aliphatic heterocycles. The molecule has 2 aromatic rings. The lowest BCUT2D eigenvalue weighted by atomic mass is 10.0. The quantitative estimate of drug-likeness (QED) is 0.858. The molecule has 0 aliphatic carbocycles. The highest BCUT2D eigenvalue weighted by Crippen LogP contribution is 2.24. The Morgan fingerprint density at radius 1 is 1.06 bits per heavy atom. The van der Waals surface area contributed by atoms with Gasteiger partial charge in [0.25, 0.3) is 0 Å². The predicted molar refractivity (Wildman–Crippen MR) is 70.7 cm³/mol. The van der Waals surface area contributed by atoms with Gasteiger partial charge < -0.3 is 5.73 Å². The van der Waals surface area contributed by atoms with E-state index in [-0.39, 0.29) is 0 Å². The summed E-state index contributed by atoms with van der Waals surface area (Å²) in [7, 11) is 0. The van der Waals surface area contributed by atoms with Crippen molar-refractivity contribution < 1.29 is 0 Å². The van der Waals surface area contributed by atoms with Gasteiger partial charge >= 0.3 is 0 Å². The summed E-state index contributed by atoms with van der Waals surface area (Å²) in [5, 5.41) is 0. The van der Waals surface area contributed by atoms with Gasteiger partial charge in [0.2, 0.25) is 0 Å². The molecule has 0 aliphatic rings. The smallest absolute Gasteiger partial charge is 0.130 e. The van der Waals surface area contributed by atoms with Gasteiger partial charge in [-0.25, -0.2) is 9.97 Å². The van der Waals surface area contributed by atoms with Crippen molar-refractivity contribution in [2.45, 2.75) is 27.2 Å². The van der Waals surface area contributed by atoms with Crippen LogP contribution in [0, 0.1) is 13.8 Å². The molecule has 0 atom stereocenters. The Morgan fingerprint density at radius 2 is 1.71 bits per heavy atom. The molecule has 0 spiro atoms. The molecule has 2 N–H and O–H groups in total. The summed E-state index contributed by atoms with van der Waals surface area (Å²) in [6.45, 7) is 5.96. The minimum atomic E-state index is 0.562. The SMILES string of the molecule is CCc1ccc(-c2nc(C)nc(N)c2C)cc1. The molecule has 0 radical (unpaired) electrons. The standard InChI is InChI=1S/C14H17N3/c1-4-11-5-7-12(8-6-11)13-9(2)14(15)17-10(3)16-13/h5-8H,4H2,1-3H3,(H2,15,16,17). The van der Waals surface area contributed by atoms with Gasteiger partial charge in [-0.15, -0.1) is 0 Å². The predicted octanol–water partition coefficient (Wildman–Crippen LogP) is 2.91. The van der Waals surface area contributed by atoms with Crippen molar-refractivity contribution in [1.29, 1.82) is 0 Å².